The highest BCUT2D eigenvalue weighted by Gasteiger charge is 2.53. The number of alkyl halides is 3. The maximum absolute atomic E-state index is 13.3. The minimum absolute atomic E-state index is 0.128. The van der Waals surface area contributed by atoms with Crippen molar-refractivity contribution in [3.05, 3.63) is 63.5 Å². The maximum Gasteiger partial charge on any atom is 0.416 e. The molecule has 196 valence electrons. The molecule has 5 nitrogen and oxygen atoms in total. The summed E-state index contributed by atoms with van der Waals surface area (Å²) in [6.45, 7) is 9.12. The molecular weight excluding hydrogens is 471 g/mol. The summed E-state index contributed by atoms with van der Waals surface area (Å²) in [5.41, 5.74) is 2.40. The second-order valence-corrected chi connectivity index (χ2v) is 11.6. The van der Waals surface area contributed by atoms with Gasteiger partial charge in [0, 0.05) is 50.0 Å². The lowest BCUT2D eigenvalue weighted by atomic mass is 9.69. The Labute approximate surface area is 210 Å². The van der Waals surface area contributed by atoms with Crippen molar-refractivity contribution in [2.75, 3.05) is 20.3 Å². The highest BCUT2D eigenvalue weighted by Crippen LogP contribution is 2.58. The Morgan fingerprint density at radius 2 is 1.69 bits per heavy atom. The number of aliphatic hydroxyl groups is 1. The summed E-state index contributed by atoms with van der Waals surface area (Å²) in [5.74, 6) is 0. The largest absolute Gasteiger partial charge is 0.416 e. The molecule has 1 aromatic heterocycles. The third-order valence-electron chi connectivity index (χ3n) is 8.06. The van der Waals surface area contributed by atoms with Crippen LogP contribution in [0, 0.1) is 5.41 Å². The fourth-order valence-electron chi connectivity index (χ4n) is 6.10. The van der Waals surface area contributed by atoms with Crippen molar-refractivity contribution in [2.24, 2.45) is 5.41 Å². The van der Waals surface area contributed by atoms with Gasteiger partial charge in [0.1, 0.15) is 11.7 Å². The number of nitrogens with zero attached hydrogens (tertiary/aromatic N) is 1. The SMILES string of the molecule is COC(C)(C)c1nc2c(c3c1[C@@H](c1ccc(C(F)(F)F)cc1)OC31CCOCC1)[C@@H](O)CC(C)(C)C2. The van der Waals surface area contributed by atoms with Crippen LogP contribution in [0.2, 0.25) is 0 Å². The molecule has 1 N–H and O–H groups in total. The molecule has 0 bridgehead atoms. The van der Waals surface area contributed by atoms with E-state index in [-0.39, 0.29) is 5.41 Å². The molecule has 3 heterocycles. The average molecular weight is 506 g/mol. The van der Waals surface area contributed by atoms with Crippen molar-refractivity contribution < 1.29 is 32.5 Å². The van der Waals surface area contributed by atoms with E-state index in [0.717, 1.165) is 34.5 Å². The summed E-state index contributed by atoms with van der Waals surface area (Å²) in [4.78, 5) is 5.11. The Morgan fingerprint density at radius 3 is 2.28 bits per heavy atom. The van der Waals surface area contributed by atoms with Crippen LogP contribution in [0.1, 0.15) is 98.4 Å². The molecule has 5 rings (SSSR count). The van der Waals surface area contributed by atoms with Crippen LogP contribution >= 0.6 is 0 Å². The minimum Gasteiger partial charge on any atom is -0.388 e. The van der Waals surface area contributed by atoms with Gasteiger partial charge in [0.2, 0.25) is 0 Å². The zero-order valence-corrected chi connectivity index (χ0v) is 21.5. The first-order chi connectivity index (χ1) is 16.8. The van der Waals surface area contributed by atoms with Gasteiger partial charge in [-0.2, -0.15) is 13.2 Å². The molecule has 1 fully saturated rings. The number of aromatic nitrogens is 1. The summed E-state index contributed by atoms with van der Waals surface area (Å²) in [5, 5.41) is 11.4. The number of aliphatic hydroxyl groups excluding tert-OH is 1. The Balaban J connectivity index is 1.78. The van der Waals surface area contributed by atoms with E-state index in [4.69, 9.17) is 19.2 Å². The molecule has 1 saturated heterocycles. The molecule has 2 aromatic rings. The number of methoxy groups -OCH3 is 1. The number of rotatable bonds is 3. The molecule has 0 saturated carbocycles. The van der Waals surface area contributed by atoms with Gasteiger partial charge in [0.25, 0.3) is 0 Å². The van der Waals surface area contributed by atoms with Crippen molar-refractivity contribution >= 4 is 0 Å². The second kappa shape index (κ2) is 8.51. The van der Waals surface area contributed by atoms with E-state index >= 15 is 0 Å². The van der Waals surface area contributed by atoms with Gasteiger partial charge >= 0.3 is 6.18 Å². The first-order valence-corrected chi connectivity index (χ1v) is 12.5. The third-order valence-corrected chi connectivity index (χ3v) is 8.06. The standard InChI is InChI=1S/C28H34F3NO4/c1-25(2)14-18-20(19(33)15-25)22-21(24(32-18)26(3,4)34-5)23(36-27(22)10-12-35-13-11-27)16-6-8-17(9-7-16)28(29,30)31/h6-9,19,23,33H,10-15H2,1-5H3/t19-,23+/m0/s1. The van der Waals surface area contributed by atoms with Gasteiger partial charge in [-0.05, 0) is 55.4 Å². The van der Waals surface area contributed by atoms with Crippen LogP contribution in [-0.2, 0) is 38.0 Å². The van der Waals surface area contributed by atoms with Crippen LogP contribution in [0.25, 0.3) is 0 Å². The van der Waals surface area contributed by atoms with E-state index in [1.54, 1.807) is 7.11 Å². The molecule has 3 aliphatic rings. The Morgan fingerprint density at radius 1 is 1.06 bits per heavy atom. The molecule has 36 heavy (non-hydrogen) atoms. The van der Waals surface area contributed by atoms with Crippen molar-refractivity contribution in [1.29, 1.82) is 0 Å². The topological polar surface area (TPSA) is 60.8 Å². The Bertz CT molecular complexity index is 1150. The van der Waals surface area contributed by atoms with E-state index in [1.165, 1.54) is 12.1 Å². The van der Waals surface area contributed by atoms with Crippen LogP contribution in [0.15, 0.2) is 24.3 Å². The normalized spacial score (nSPS) is 25.0. The predicted molar refractivity (Wildman–Crippen MR) is 127 cm³/mol. The van der Waals surface area contributed by atoms with E-state index in [2.05, 4.69) is 13.8 Å². The number of fused-ring (bicyclic) bond motifs is 4. The maximum atomic E-state index is 13.3. The van der Waals surface area contributed by atoms with Gasteiger partial charge < -0.3 is 19.3 Å². The molecule has 1 spiro atoms. The lowest BCUT2D eigenvalue weighted by Crippen LogP contribution is -2.37. The third kappa shape index (κ3) is 4.16. The number of hydrogen-bond donors (Lipinski definition) is 1. The number of benzene rings is 1. The van der Waals surface area contributed by atoms with E-state index < -0.39 is 35.1 Å². The summed E-state index contributed by atoms with van der Waals surface area (Å²) in [7, 11) is 1.62. The van der Waals surface area contributed by atoms with Gasteiger partial charge in [-0.1, -0.05) is 26.0 Å². The Kier molecular flexibility index (Phi) is 6.06. The zero-order chi connectivity index (χ0) is 26.1. The fourth-order valence-corrected chi connectivity index (χ4v) is 6.10. The minimum atomic E-state index is -4.42. The van der Waals surface area contributed by atoms with Crippen molar-refractivity contribution in [2.45, 2.75) is 83.0 Å². The summed E-state index contributed by atoms with van der Waals surface area (Å²) >= 11 is 0. The number of hydrogen-bond acceptors (Lipinski definition) is 5. The fraction of sp³-hybridized carbons (Fsp3) is 0.607. The monoisotopic (exact) mass is 505 g/mol. The summed E-state index contributed by atoms with van der Waals surface area (Å²) < 4.78 is 58.3. The van der Waals surface area contributed by atoms with Gasteiger partial charge in [0.15, 0.2) is 0 Å². The predicted octanol–water partition coefficient (Wildman–Crippen LogP) is 6.11. The number of halogens is 3. The molecule has 2 atom stereocenters. The molecular formula is C28H34F3NO4. The van der Waals surface area contributed by atoms with E-state index in [1.807, 2.05) is 13.8 Å². The lowest BCUT2D eigenvalue weighted by Gasteiger charge is -2.40. The van der Waals surface area contributed by atoms with Crippen LogP contribution in [0.4, 0.5) is 13.2 Å². The molecule has 1 aliphatic carbocycles. The smallest absolute Gasteiger partial charge is 0.388 e. The molecule has 0 amide bonds. The van der Waals surface area contributed by atoms with Gasteiger partial charge in [-0.15, -0.1) is 0 Å². The highest BCUT2D eigenvalue weighted by molar-refractivity contribution is 5.55. The van der Waals surface area contributed by atoms with E-state index in [0.29, 0.717) is 50.2 Å². The number of pyridine rings is 1. The van der Waals surface area contributed by atoms with Crippen LogP contribution in [-0.4, -0.2) is 30.4 Å². The average Bonchev–Trinajstić information content (AvgIpc) is 3.11. The van der Waals surface area contributed by atoms with Crippen LogP contribution in [0.3, 0.4) is 0 Å². The first-order valence-electron chi connectivity index (χ1n) is 12.5. The zero-order valence-electron chi connectivity index (χ0n) is 21.5. The summed E-state index contributed by atoms with van der Waals surface area (Å²) in [6, 6.07) is 5.16. The van der Waals surface area contributed by atoms with Gasteiger partial charge in [-0.25, -0.2) is 0 Å². The van der Waals surface area contributed by atoms with Crippen molar-refractivity contribution in [3.63, 3.8) is 0 Å². The molecule has 2 aliphatic heterocycles. The molecule has 0 unspecified atom stereocenters. The summed E-state index contributed by atoms with van der Waals surface area (Å²) in [6.07, 6.45) is -3.28. The Hall–Kier alpha value is -2.00. The lowest BCUT2D eigenvalue weighted by molar-refractivity contribution is -0.137. The van der Waals surface area contributed by atoms with Crippen LogP contribution in [0.5, 0.6) is 0 Å². The van der Waals surface area contributed by atoms with Gasteiger partial charge in [-0.3, -0.25) is 4.98 Å². The van der Waals surface area contributed by atoms with Crippen molar-refractivity contribution in [3.8, 4) is 0 Å². The quantitative estimate of drug-likeness (QED) is 0.545. The highest BCUT2D eigenvalue weighted by atomic mass is 19.4. The number of ether oxygens (including phenoxy) is 3. The second-order valence-electron chi connectivity index (χ2n) is 11.6. The van der Waals surface area contributed by atoms with Gasteiger partial charge in [0.05, 0.1) is 23.0 Å². The molecule has 1 aromatic carbocycles. The van der Waals surface area contributed by atoms with Crippen molar-refractivity contribution in [1.82, 2.24) is 4.98 Å². The molecule has 8 heteroatoms. The van der Waals surface area contributed by atoms with Crippen LogP contribution < -0.4 is 0 Å². The van der Waals surface area contributed by atoms with E-state index in [9.17, 15) is 18.3 Å². The molecule has 0 radical (unpaired) electrons. The first kappa shape index (κ1) is 25.6.